The van der Waals surface area contributed by atoms with E-state index in [9.17, 15) is 4.79 Å². The van der Waals surface area contributed by atoms with Crippen LogP contribution < -0.4 is 11.1 Å². The Balaban J connectivity index is 2.09. The number of benzene rings is 1. The van der Waals surface area contributed by atoms with E-state index in [1.165, 1.54) is 6.42 Å². The van der Waals surface area contributed by atoms with Gasteiger partial charge in [-0.05, 0) is 36.8 Å². The molecule has 0 saturated carbocycles. The number of anilines is 2. The molecule has 1 aromatic carbocycles. The quantitative estimate of drug-likeness (QED) is 0.801. The summed E-state index contributed by atoms with van der Waals surface area (Å²) in [6.07, 6.45) is 3.19. The molecule has 1 saturated heterocycles. The zero-order chi connectivity index (χ0) is 13.0. The van der Waals surface area contributed by atoms with Crippen LogP contribution in [0.3, 0.4) is 0 Å². The smallest absolute Gasteiger partial charge is 0.237 e. The molecule has 1 atom stereocenters. The van der Waals surface area contributed by atoms with Crippen LogP contribution in [0.2, 0.25) is 0 Å². The fraction of sp³-hybridized carbons (Fsp3) is 0.385. The number of nitrogens with two attached hydrogens (primary N) is 1. The van der Waals surface area contributed by atoms with E-state index in [-0.39, 0.29) is 11.2 Å². The average Bonchev–Trinajstić information content (AvgIpc) is 2.41. The van der Waals surface area contributed by atoms with Gasteiger partial charge < -0.3 is 11.1 Å². The van der Waals surface area contributed by atoms with Crippen molar-refractivity contribution in [2.75, 3.05) is 16.8 Å². The van der Waals surface area contributed by atoms with Gasteiger partial charge in [-0.3, -0.25) is 4.79 Å². The largest absolute Gasteiger partial charge is 0.399 e. The van der Waals surface area contributed by atoms with Crippen LogP contribution in [0.15, 0.2) is 18.2 Å². The molecule has 1 aliphatic heterocycles. The third-order valence-electron chi connectivity index (χ3n) is 2.89. The standard InChI is InChI=1S/C13H15N3OS/c14-8-9-7-10(15)4-5-11(9)16-13(17)12-3-1-2-6-18-12/h4-5,7,12H,1-3,6,15H2,(H,16,17). The van der Waals surface area contributed by atoms with Crippen molar-refractivity contribution in [1.82, 2.24) is 0 Å². The van der Waals surface area contributed by atoms with Gasteiger partial charge in [0, 0.05) is 5.69 Å². The van der Waals surface area contributed by atoms with Gasteiger partial charge in [-0.25, -0.2) is 0 Å². The second-order valence-electron chi connectivity index (χ2n) is 4.26. The molecule has 0 aromatic heterocycles. The molecule has 94 valence electrons. The average molecular weight is 261 g/mol. The Hall–Kier alpha value is -1.67. The van der Waals surface area contributed by atoms with Gasteiger partial charge in [0.1, 0.15) is 6.07 Å². The first-order valence-corrected chi connectivity index (χ1v) is 6.97. The Morgan fingerprint density at radius 3 is 3.00 bits per heavy atom. The summed E-state index contributed by atoms with van der Waals surface area (Å²) in [5.74, 6) is 1.02. The number of nitrogens with one attached hydrogen (secondary N) is 1. The van der Waals surface area contributed by atoms with Crippen LogP contribution in [0.4, 0.5) is 11.4 Å². The number of rotatable bonds is 2. The van der Waals surface area contributed by atoms with E-state index in [1.807, 2.05) is 6.07 Å². The number of hydrogen-bond donors (Lipinski definition) is 2. The maximum Gasteiger partial charge on any atom is 0.237 e. The zero-order valence-corrected chi connectivity index (χ0v) is 10.8. The van der Waals surface area contributed by atoms with Gasteiger partial charge in [0.15, 0.2) is 0 Å². The maximum absolute atomic E-state index is 12.0. The van der Waals surface area contributed by atoms with Gasteiger partial charge in [0.2, 0.25) is 5.91 Å². The molecule has 1 unspecified atom stereocenters. The molecular formula is C13H15N3OS. The Kier molecular flexibility index (Phi) is 4.11. The molecule has 5 heteroatoms. The molecule has 1 heterocycles. The highest BCUT2D eigenvalue weighted by Crippen LogP contribution is 2.27. The van der Waals surface area contributed by atoms with E-state index >= 15 is 0 Å². The highest BCUT2D eigenvalue weighted by molar-refractivity contribution is 8.00. The molecule has 2 rings (SSSR count). The first-order chi connectivity index (χ1) is 8.70. The number of amides is 1. The number of hydrogen-bond acceptors (Lipinski definition) is 4. The number of carbonyl (C=O) groups is 1. The summed E-state index contributed by atoms with van der Waals surface area (Å²) in [5, 5.41) is 11.8. The van der Waals surface area contributed by atoms with Crippen molar-refractivity contribution in [3.63, 3.8) is 0 Å². The Morgan fingerprint density at radius 1 is 1.50 bits per heavy atom. The number of nitrogens with zero attached hydrogens (tertiary/aromatic N) is 1. The molecule has 18 heavy (non-hydrogen) atoms. The van der Waals surface area contributed by atoms with E-state index < -0.39 is 0 Å². The van der Waals surface area contributed by atoms with Gasteiger partial charge in [-0.1, -0.05) is 6.42 Å². The summed E-state index contributed by atoms with van der Waals surface area (Å²) < 4.78 is 0. The van der Waals surface area contributed by atoms with Crippen molar-refractivity contribution >= 4 is 29.0 Å². The minimum absolute atomic E-state index is 0.00264. The van der Waals surface area contributed by atoms with Crippen LogP contribution in [-0.4, -0.2) is 16.9 Å². The van der Waals surface area contributed by atoms with Gasteiger partial charge in [-0.15, -0.1) is 11.8 Å². The van der Waals surface area contributed by atoms with Crippen molar-refractivity contribution < 1.29 is 4.79 Å². The minimum Gasteiger partial charge on any atom is -0.399 e. The lowest BCUT2D eigenvalue weighted by molar-refractivity contribution is -0.115. The fourth-order valence-corrected chi connectivity index (χ4v) is 3.12. The summed E-state index contributed by atoms with van der Waals surface area (Å²) in [7, 11) is 0. The number of carbonyl (C=O) groups excluding carboxylic acids is 1. The monoisotopic (exact) mass is 261 g/mol. The van der Waals surface area contributed by atoms with Crippen molar-refractivity contribution in [1.29, 1.82) is 5.26 Å². The summed E-state index contributed by atoms with van der Waals surface area (Å²) >= 11 is 1.69. The van der Waals surface area contributed by atoms with Gasteiger partial charge in [0.25, 0.3) is 0 Å². The fourth-order valence-electron chi connectivity index (χ4n) is 1.92. The number of nitriles is 1. The van der Waals surface area contributed by atoms with Gasteiger partial charge in [0.05, 0.1) is 16.5 Å². The minimum atomic E-state index is -0.0130. The predicted molar refractivity (Wildman–Crippen MR) is 74.3 cm³/mol. The first-order valence-electron chi connectivity index (χ1n) is 5.93. The highest BCUT2D eigenvalue weighted by Gasteiger charge is 2.22. The summed E-state index contributed by atoms with van der Waals surface area (Å²) in [4.78, 5) is 12.0. The molecule has 0 aliphatic carbocycles. The molecule has 0 radical (unpaired) electrons. The predicted octanol–water partition coefficient (Wildman–Crippen LogP) is 2.36. The van der Waals surface area contributed by atoms with Gasteiger partial charge >= 0.3 is 0 Å². The number of thioether (sulfide) groups is 1. The summed E-state index contributed by atoms with van der Waals surface area (Å²) in [6, 6.07) is 6.98. The molecule has 0 spiro atoms. The van der Waals surface area contributed by atoms with Crippen molar-refractivity contribution in [2.24, 2.45) is 0 Å². The summed E-state index contributed by atoms with van der Waals surface area (Å²) in [5.41, 5.74) is 7.08. The molecule has 1 amide bonds. The van der Waals surface area contributed by atoms with Crippen LogP contribution in [0, 0.1) is 11.3 Å². The second-order valence-corrected chi connectivity index (χ2v) is 5.57. The highest BCUT2D eigenvalue weighted by atomic mass is 32.2. The van der Waals surface area contributed by atoms with Crippen LogP contribution in [0.25, 0.3) is 0 Å². The third kappa shape index (κ3) is 2.96. The maximum atomic E-state index is 12.0. The van der Waals surface area contributed by atoms with Crippen molar-refractivity contribution in [3.8, 4) is 6.07 Å². The first kappa shape index (κ1) is 12.8. The Morgan fingerprint density at radius 2 is 2.33 bits per heavy atom. The number of nitrogen functional groups attached to an aromatic ring is 1. The molecule has 4 nitrogen and oxygen atoms in total. The Labute approximate surface area is 111 Å². The molecular weight excluding hydrogens is 246 g/mol. The molecule has 0 bridgehead atoms. The molecule has 1 fully saturated rings. The van der Waals surface area contributed by atoms with Crippen LogP contribution in [0.1, 0.15) is 24.8 Å². The van der Waals surface area contributed by atoms with Crippen LogP contribution in [-0.2, 0) is 4.79 Å². The van der Waals surface area contributed by atoms with E-state index in [1.54, 1.807) is 30.0 Å². The second kappa shape index (κ2) is 5.78. The normalized spacial score (nSPS) is 18.9. The van der Waals surface area contributed by atoms with Crippen LogP contribution in [0.5, 0.6) is 0 Å². The lowest BCUT2D eigenvalue weighted by Crippen LogP contribution is -2.27. The van der Waals surface area contributed by atoms with E-state index in [2.05, 4.69) is 5.32 Å². The van der Waals surface area contributed by atoms with Crippen molar-refractivity contribution in [2.45, 2.75) is 24.5 Å². The van der Waals surface area contributed by atoms with E-state index in [4.69, 9.17) is 11.0 Å². The lowest BCUT2D eigenvalue weighted by Gasteiger charge is -2.20. The van der Waals surface area contributed by atoms with Crippen molar-refractivity contribution in [3.05, 3.63) is 23.8 Å². The van der Waals surface area contributed by atoms with E-state index in [0.29, 0.717) is 16.9 Å². The summed E-state index contributed by atoms with van der Waals surface area (Å²) in [6.45, 7) is 0. The lowest BCUT2D eigenvalue weighted by atomic mass is 10.1. The zero-order valence-electron chi connectivity index (χ0n) is 9.98. The molecule has 1 aromatic rings. The molecule has 1 aliphatic rings. The van der Waals surface area contributed by atoms with Gasteiger partial charge in [-0.2, -0.15) is 5.26 Å². The SMILES string of the molecule is N#Cc1cc(N)ccc1NC(=O)C1CCCCS1. The topological polar surface area (TPSA) is 78.9 Å². The van der Waals surface area contributed by atoms with E-state index in [0.717, 1.165) is 18.6 Å². The third-order valence-corrected chi connectivity index (χ3v) is 4.27. The Bertz CT molecular complexity index is 489. The van der Waals surface area contributed by atoms with Crippen LogP contribution >= 0.6 is 11.8 Å². The molecule has 3 N–H and O–H groups in total.